The molecule has 1 aromatic heterocycles. The van der Waals surface area contributed by atoms with Crippen LogP contribution in [-0.2, 0) is 16.0 Å². The van der Waals surface area contributed by atoms with Gasteiger partial charge in [0.15, 0.2) is 0 Å². The number of aryl methyl sites for hydroxylation is 2. The largest absolute Gasteiger partial charge is 0.388 e. The van der Waals surface area contributed by atoms with Crippen molar-refractivity contribution in [1.82, 2.24) is 10.5 Å². The topological polar surface area (TPSA) is 84.6 Å². The molecule has 0 radical (unpaired) electrons. The molecule has 0 unspecified atom stereocenters. The first kappa shape index (κ1) is 16.0. The third-order valence-corrected chi connectivity index (χ3v) is 4.21. The summed E-state index contributed by atoms with van der Waals surface area (Å²) in [5.41, 5.74) is 1.55. The zero-order chi connectivity index (χ0) is 15.4. The summed E-state index contributed by atoms with van der Waals surface area (Å²) in [4.78, 5) is 12.2. The molecule has 2 rings (SSSR count). The normalized spacial score (nSPS) is 26.4. The van der Waals surface area contributed by atoms with Gasteiger partial charge in [-0.1, -0.05) is 18.0 Å². The zero-order valence-corrected chi connectivity index (χ0v) is 12.9. The minimum Gasteiger partial charge on any atom is -0.388 e. The van der Waals surface area contributed by atoms with Crippen LogP contribution in [0.1, 0.15) is 42.7 Å². The standard InChI is InChI=1S/C15H24N2O4/c1-9-11(10(2)21-17-9)8-14(18)16-12-6-4-5-7-13(20-3)15(12)19/h12-13,15,19H,4-8H2,1-3H3,(H,16,18)/t12-,13-,15-/m1/s1. The first-order valence-electron chi connectivity index (χ1n) is 7.45. The number of methoxy groups -OCH3 is 1. The highest BCUT2D eigenvalue weighted by Gasteiger charge is 2.31. The van der Waals surface area contributed by atoms with E-state index in [0.717, 1.165) is 36.9 Å². The molecule has 6 nitrogen and oxygen atoms in total. The third kappa shape index (κ3) is 3.83. The smallest absolute Gasteiger partial charge is 0.224 e. The first-order valence-corrected chi connectivity index (χ1v) is 7.45. The maximum Gasteiger partial charge on any atom is 0.224 e. The van der Waals surface area contributed by atoms with Crippen LogP contribution in [0.25, 0.3) is 0 Å². The van der Waals surface area contributed by atoms with Crippen LogP contribution in [-0.4, -0.2) is 41.5 Å². The van der Waals surface area contributed by atoms with E-state index >= 15 is 0 Å². The highest BCUT2D eigenvalue weighted by atomic mass is 16.5. The van der Waals surface area contributed by atoms with Gasteiger partial charge in [0.05, 0.1) is 24.3 Å². The Morgan fingerprint density at radius 1 is 1.43 bits per heavy atom. The van der Waals surface area contributed by atoms with Crippen LogP contribution in [0, 0.1) is 13.8 Å². The number of amides is 1. The number of aliphatic hydroxyl groups excluding tert-OH is 1. The molecule has 0 bridgehead atoms. The maximum atomic E-state index is 12.2. The van der Waals surface area contributed by atoms with Crippen molar-refractivity contribution in [3.8, 4) is 0 Å². The van der Waals surface area contributed by atoms with E-state index < -0.39 is 6.10 Å². The van der Waals surface area contributed by atoms with Gasteiger partial charge < -0.3 is 19.7 Å². The van der Waals surface area contributed by atoms with E-state index in [9.17, 15) is 9.90 Å². The minimum atomic E-state index is -0.661. The van der Waals surface area contributed by atoms with Crippen LogP contribution >= 0.6 is 0 Å². The molecule has 2 N–H and O–H groups in total. The fraction of sp³-hybridized carbons (Fsp3) is 0.733. The number of rotatable bonds is 4. The van der Waals surface area contributed by atoms with Crippen LogP contribution in [0.2, 0.25) is 0 Å². The van der Waals surface area contributed by atoms with Gasteiger partial charge in [-0.05, 0) is 26.7 Å². The maximum absolute atomic E-state index is 12.2. The molecule has 6 heteroatoms. The summed E-state index contributed by atoms with van der Waals surface area (Å²) in [6, 6.07) is -0.259. The van der Waals surface area contributed by atoms with E-state index in [1.807, 2.05) is 6.92 Å². The molecule has 118 valence electrons. The second-order valence-corrected chi connectivity index (χ2v) is 5.70. The molecule has 0 spiro atoms. The summed E-state index contributed by atoms with van der Waals surface area (Å²) in [5, 5.41) is 17.1. The number of aromatic nitrogens is 1. The minimum absolute atomic E-state index is 0.120. The lowest BCUT2D eigenvalue weighted by Crippen LogP contribution is -2.48. The van der Waals surface area contributed by atoms with Crippen LogP contribution in [0.4, 0.5) is 0 Å². The highest BCUT2D eigenvalue weighted by molar-refractivity contribution is 5.79. The Hall–Kier alpha value is -1.40. The van der Waals surface area contributed by atoms with Gasteiger partial charge in [-0.2, -0.15) is 0 Å². The van der Waals surface area contributed by atoms with Gasteiger partial charge in [0, 0.05) is 12.7 Å². The Labute approximate surface area is 124 Å². The van der Waals surface area contributed by atoms with E-state index in [4.69, 9.17) is 9.26 Å². The second-order valence-electron chi connectivity index (χ2n) is 5.70. The average Bonchev–Trinajstić information content (AvgIpc) is 2.67. The Kier molecular flexibility index (Phi) is 5.36. The first-order chi connectivity index (χ1) is 10.0. The van der Waals surface area contributed by atoms with Crippen LogP contribution in [0.5, 0.6) is 0 Å². The molecule has 1 saturated carbocycles. The van der Waals surface area contributed by atoms with Crippen molar-refractivity contribution in [3.05, 3.63) is 17.0 Å². The molecule has 1 aromatic rings. The molecule has 0 saturated heterocycles. The number of nitrogens with zero attached hydrogens (tertiary/aromatic N) is 1. The van der Waals surface area contributed by atoms with E-state index in [1.165, 1.54) is 0 Å². The number of hydrogen-bond acceptors (Lipinski definition) is 5. The van der Waals surface area contributed by atoms with Crippen molar-refractivity contribution < 1.29 is 19.2 Å². The average molecular weight is 296 g/mol. The van der Waals surface area contributed by atoms with Crippen molar-refractivity contribution in [3.63, 3.8) is 0 Å². The summed E-state index contributed by atoms with van der Waals surface area (Å²) in [7, 11) is 1.60. The highest BCUT2D eigenvalue weighted by Crippen LogP contribution is 2.21. The van der Waals surface area contributed by atoms with Gasteiger partial charge in [-0.15, -0.1) is 0 Å². The molecule has 21 heavy (non-hydrogen) atoms. The lowest BCUT2D eigenvalue weighted by molar-refractivity contribution is -0.123. The van der Waals surface area contributed by atoms with Crippen LogP contribution in [0.15, 0.2) is 4.52 Å². The second kappa shape index (κ2) is 7.04. The van der Waals surface area contributed by atoms with Gasteiger partial charge in [-0.25, -0.2) is 0 Å². The lowest BCUT2D eigenvalue weighted by Gasteiger charge is -2.27. The zero-order valence-electron chi connectivity index (χ0n) is 12.9. The molecule has 0 aromatic carbocycles. The lowest BCUT2D eigenvalue weighted by atomic mass is 10.0. The summed E-state index contributed by atoms with van der Waals surface area (Å²) in [6.45, 7) is 3.62. The van der Waals surface area contributed by atoms with E-state index in [-0.39, 0.29) is 24.5 Å². The van der Waals surface area contributed by atoms with Crippen molar-refractivity contribution >= 4 is 5.91 Å². The monoisotopic (exact) mass is 296 g/mol. The molecule has 1 aliphatic carbocycles. The van der Waals surface area contributed by atoms with Crippen molar-refractivity contribution in [1.29, 1.82) is 0 Å². The summed E-state index contributed by atoms with van der Waals surface area (Å²) >= 11 is 0. The Morgan fingerprint density at radius 3 is 2.76 bits per heavy atom. The Morgan fingerprint density at radius 2 is 2.14 bits per heavy atom. The van der Waals surface area contributed by atoms with Gasteiger partial charge in [0.25, 0.3) is 0 Å². The number of carbonyl (C=O) groups is 1. The summed E-state index contributed by atoms with van der Waals surface area (Å²) in [5.74, 6) is 0.545. The van der Waals surface area contributed by atoms with Gasteiger partial charge in [0.1, 0.15) is 11.9 Å². The fourth-order valence-corrected chi connectivity index (χ4v) is 2.90. The number of carbonyl (C=O) groups excluding carboxylic acids is 1. The van der Waals surface area contributed by atoms with E-state index in [2.05, 4.69) is 10.5 Å². The molecular formula is C15H24N2O4. The fourth-order valence-electron chi connectivity index (χ4n) is 2.90. The third-order valence-electron chi connectivity index (χ3n) is 4.21. The van der Waals surface area contributed by atoms with Gasteiger partial charge in [-0.3, -0.25) is 4.79 Å². The van der Waals surface area contributed by atoms with Crippen molar-refractivity contribution in [2.24, 2.45) is 0 Å². The molecule has 1 fully saturated rings. The quantitative estimate of drug-likeness (QED) is 0.817. The predicted molar refractivity (Wildman–Crippen MR) is 76.9 cm³/mol. The van der Waals surface area contributed by atoms with Crippen molar-refractivity contribution in [2.75, 3.05) is 7.11 Å². The van der Waals surface area contributed by atoms with Gasteiger partial charge >= 0.3 is 0 Å². The molecular weight excluding hydrogens is 272 g/mol. The molecule has 1 aliphatic rings. The Bertz CT molecular complexity index is 467. The van der Waals surface area contributed by atoms with E-state index in [0.29, 0.717) is 5.76 Å². The van der Waals surface area contributed by atoms with Gasteiger partial charge in [0.2, 0.25) is 5.91 Å². The number of ether oxygens (including phenoxy) is 1. The van der Waals surface area contributed by atoms with E-state index in [1.54, 1.807) is 14.0 Å². The number of nitrogens with one attached hydrogen (secondary N) is 1. The molecule has 1 amide bonds. The SMILES string of the molecule is CO[C@@H]1CCCC[C@@H](NC(=O)Cc2c(C)noc2C)[C@H]1O. The Balaban J connectivity index is 1.98. The summed E-state index contributed by atoms with van der Waals surface area (Å²) in [6.07, 6.45) is 2.94. The van der Waals surface area contributed by atoms with Crippen LogP contribution < -0.4 is 5.32 Å². The number of aliphatic hydroxyl groups is 1. The number of hydrogen-bond donors (Lipinski definition) is 2. The summed E-state index contributed by atoms with van der Waals surface area (Å²) < 4.78 is 10.4. The predicted octanol–water partition coefficient (Wildman–Crippen LogP) is 1.27. The molecule has 1 heterocycles. The molecule has 3 atom stereocenters. The molecule has 0 aliphatic heterocycles. The van der Waals surface area contributed by atoms with Crippen molar-refractivity contribution in [2.45, 2.75) is 64.2 Å². The van der Waals surface area contributed by atoms with Crippen LogP contribution in [0.3, 0.4) is 0 Å².